The summed E-state index contributed by atoms with van der Waals surface area (Å²) in [6, 6.07) is -0.0545. The molecule has 1 saturated carbocycles. The Morgan fingerprint density at radius 1 is 1.31 bits per heavy atom. The lowest BCUT2D eigenvalue weighted by Gasteiger charge is -2.29. The van der Waals surface area contributed by atoms with Gasteiger partial charge in [-0.25, -0.2) is 4.79 Å². The summed E-state index contributed by atoms with van der Waals surface area (Å²) >= 11 is 0. The molecule has 0 aromatic carbocycles. The van der Waals surface area contributed by atoms with Crippen LogP contribution in [0.1, 0.15) is 46.5 Å². The highest BCUT2D eigenvalue weighted by Crippen LogP contribution is 2.23. The Kier molecular flexibility index (Phi) is 4.33. The first-order valence-electron chi connectivity index (χ1n) is 5.87. The molecule has 16 heavy (non-hydrogen) atoms. The third kappa shape index (κ3) is 4.21. The molecule has 0 bridgehead atoms. The molecule has 0 heterocycles. The average Bonchev–Trinajstić information content (AvgIpc) is 2.15. The molecule has 1 N–H and O–H groups in total. The third-order valence-corrected chi connectivity index (χ3v) is 2.70. The predicted molar refractivity (Wildman–Crippen MR) is 61.2 cm³/mol. The number of nitrogens with one attached hydrogen (secondary N) is 1. The second kappa shape index (κ2) is 5.32. The average molecular weight is 227 g/mol. The van der Waals surface area contributed by atoms with E-state index in [1.54, 1.807) is 0 Å². The topological polar surface area (TPSA) is 55.4 Å². The van der Waals surface area contributed by atoms with Crippen molar-refractivity contribution in [3.8, 4) is 0 Å². The van der Waals surface area contributed by atoms with Crippen LogP contribution >= 0.6 is 0 Å². The van der Waals surface area contributed by atoms with Crippen molar-refractivity contribution < 1.29 is 14.3 Å². The van der Waals surface area contributed by atoms with Crippen molar-refractivity contribution in [2.75, 3.05) is 0 Å². The number of aldehydes is 1. The first kappa shape index (κ1) is 13.0. The Labute approximate surface area is 96.7 Å². The molecule has 0 saturated heterocycles. The lowest BCUT2D eigenvalue weighted by Crippen LogP contribution is -2.44. The summed E-state index contributed by atoms with van der Waals surface area (Å²) < 4.78 is 5.17. The summed E-state index contributed by atoms with van der Waals surface area (Å²) in [6.45, 7) is 5.47. The zero-order chi connectivity index (χ0) is 12.2. The highest BCUT2D eigenvalue weighted by molar-refractivity contribution is 5.69. The van der Waals surface area contributed by atoms with Crippen LogP contribution in [0.25, 0.3) is 0 Å². The summed E-state index contributed by atoms with van der Waals surface area (Å²) in [6.07, 6.45) is 4.38. The van der Waals surface area contributed by atoms with Gasteiger partial charge in [0.25, 0.3) is 0 Å². The third-order valence-electron chi connectivity index (χ3n) is 2.70. The number of hydrogen-bond donors (Lipinski definition) is 1. The Hall–Kier alpha value is -1.06. The fourth-order valence-electron chi connectivity index (χ4n) is 1.96. The summed E-state index contributed by atoms with van der Waals surface area (Å²) in [5.74, 6) is -0.0544. The maximum atomic E-state index is 11.5. The monoisotopic (exact) mass is 227 g/mol. The van der Waals surface area contributed by atoms with Crippen LogP contribution < -0.4 is 5.32 Å². The number of ether oxygens (including phenoxy) is 1. The van der Waals surface area contributed by atoms with Crippen LogP contribution in [0.2, 0.25) is 0 Å². The largest absolute Gasteiger partial charge is 0.444 e. The van der Waals surface area contributed by atoms with Gasteiger partial charge < -0.3 is 14.8 Å². The minimum atomic E-state index is -0.491. The molecule has 1 aliphatic rings. The molecular weight excluding hydrogens is 206 g/mol. The Bertz CT molecular complexity index is 257. The summed E-state index contributed by atoms with van der Waals surface area (Å²) in [5, 5.41) is 2.78. The van der Waals surface area contributed by atoms with Gasteiger partial charge in [0.1, 0.15) is 11.9 Å². The standard InChI is InChI=1S/C12H21NO3/c1-12(2,3)16-11(15)13-10-7-5-4-6-9(10)8-14/h8-10H,4-7H2,1-3H3,(H,13,15)/t9-,10-/m0/s1. The molecule has 0 spiro atoms. The predicted octanol–water partition coefficient (Wildman–Crippen LogP) is 2.27. The highest BCUT2D eigenvalue weighted by atomic mass is 16.6. The van der Waals surface area contributed by atoms with Crippen LogP contribution in [-0.4, -0.2) is 24.0 Å². The van der Waals surface area contributed by atoms with Crippen molar-refractivity contribution in [1.82, 2.24) is 5.32 Å². The van der Waals surface area contributed by atoms with E-state index >= 15 is 0 Å². The van der Waals surface area contributed by atoms with Gasteiger partial charge in [-0.2, -0.15) is 0 Å². The van der Waals surface area contributed by atoms with Crippen molar-refractivity contribution in [3.63, 3.8) is 0 Å². The molecule has 4 nitrogen and oxygen atoms in total. The van der Waals surface area contributed by atoms with Crippen molar-refractivity contribution in [2.45, 2.75) is 58.1 Å². The van der Waals surface area contributed by atoms with Crippen LogP contribution in [0.3, 0.4) is 0 Å². The first-order chi connectivity index (χ1) is 7.42. The van der Waals surface area contributed by atoms with E-state index in [2.05, 4.69) is 5.32 Å². The minimum absolute atomic E-state index is 0.0544. The van der Waals surface area contributed by atoms with Gasteiger partial charge in [0.2, 0.25) is 0 Å². The minimum Gasteiger partial charge on any atom is -0.444 e. The molecule has 92 valence electrons. The number of rotatable bonds is 2. The molecule has 0 aromatic rings. The van der Waals surface area contributed by atoms with Gasteiger partial charge in [0.15, 0.2) is 0 Å². The van der Waals surface area contributed by atoms with Gasteiger partial charge in [-0.1, -0.05) is 12.8 Å². The second-order valence-electron chi connectivity index (χ2n) is 5.34. The molecule has 1 fully saturated rings. The van der Waals surface area contributed by atoms with E-state index in [4.69, 9.17) is 4.74 Å². The fourth-order valence-corrected chi connectivity index (χ4v) is 1.96. The fraction of sp³-hybridized carbons (Fsp3) is 0.833. The molecule has 0 unspecified atom stereocenters. The number of alkyl carbamates (subject to hydrolysis) is 1. The number of carbonyl (C=O) groups is 2. The number of carbonyl (C=O) groups excluding carboxylic acids is 2. The van der Waals surface area contributed by atoms with Crippen LogP contribution in [0.5, 0.6) is 0 Å². The maximum absolute atomic E-state index is 11.5. The van der Waals surface area contributed by atoms with Crippen LogP contribution in [0.15, 0.2) is 0 Å². The van der Waals surface area contributed by atoms with E-state index in [0.717, 1.165) is 32.0 Å². The van der Waals surface area contributed by atoms with Crippen LogP contribution in [-0.2, 0) is 9.53 Å². The van der Waals surface area contributed by atoms with Crippen molar-refractivity contribution >= 4 is 12.4 Å². The zero-order valence-electron chi connectivity index (χ0n) is 10.3. The van der Waals surface area contributed by atoms with Gasteiger partial charge in [0.05, 0.1) is 0 Å². The second-order valence-corrected chi connectivity index (χ2v) is 5.34. The maximum Gasteiger partial charge on any atom is 0.407 e. The van der Waals surface area contributed by atoms with E-state index in [0.29, 0.717) is 0 Å². The SMILES string of the molecule is CC(C)(C)OC(=O)N[C@H]1CCCC[C@H]1C=O. The molecule has 0 aromatic heterocycles. The lowest BCUT2D eigenvalue weighted by molar-refractivity contribution is -0.112. The molecule has 1 rings (SSSR count). The van der Waals surface area contributed by atoms with Crippen molar-refractivity contribution in [1.29, 1.82) is 0 Å². The van der Waals surface area contributed by atoms with Crippen LogP contribution in [0, 0.1) is 5.92 Å². The highest BCUT2D eigenvalue weighted by Gasteiger charge is 2.27. The van der Waals surface area contributed by atoms with Crippen LogP contribution in [0.4, 0.5) is 4.79 Å². The Morgan fingerprint density at radius 3 is 2.50 bits per heavy atom. The van der Waals surface area contributed by atoms with E-state index in [9.17, 15) is 9.59 Å². The normalized spacial score (nSPS) is 25.9. The summed E-state index contributed by atoms with van der Waals surface area (Å²) in [5.41, 5.74) is -0.491. The van der Waals surface area contributed by atoms with Gasteiger partial charge in [-0.05, 0) is 33.6 Å². The molecule has 2 atom stereocenters. The zero-order valence-corrected chi connectivity index (χ0v) is 10.3. The van der Waals surface area contributed by atoms with Gasteiger partial charge >= 0.3 is 6.09 Å². The Balaban J connectivity index is 2.45. The first-order valence-corrected chi connectivity index (χ1v) is 5.87. The Morgan fingerprint density at radius 2 is 1.94 bits per heavy atom. The smallest absolute Gasteiger partial charge is 0.407 e. The molecule has 1 aliphatic carbocycles. The quantitative estimate of drug-likeness (QED) is 0.736. The van der Waals surface area contributed by atoms with Gasteiger partial charge in [-0.3, -0.25) is 0 Å². The summed E-state index contributed by atoms with van der Waals surface area (Å²) in [4.78, 5) is 22.4. The van der Waals surface area contributed by atoms with Crippen molar-refractivity contribution in [3.05, 3.63) is 0 Å². The molecule has 4 heteroatoms. The van der Waals surface area contributed by atoms with Gasteiger partial charge in [-0.15, -0.1) is 0 Å². The van der Waals surface area contributed by atoms with Gasteiger partial charge in [0, 0.05) is 12.0 Å². The number of hydrogen-bond acceptors (Lipinski definition) is 3. The van der Waals surface area contributed by atoms with Crippen molar-refractivity contribution in [2.24, 2.45) is 5.92 Å². The molecule has 0 radical (unpaired) electrons. The summed E-state index contributed by atoms with van der Waals surface area (Å²) in [7, 11) is 0. The van der Waals surface area contributed by atoms with E-state index < -0.39 is 11.7 Å². The van der Waals surface area contributed by atoms with E-state index in [1.807, 2.05) is 20.8 Å². The van der Waals surface area contributed by atoms with E-state index in [1.165, 1.54) is 0 Å². The number of amides is 1. The molecular formula is C12H21NO3. The molecule has 0 aliphatic heterocycles. The lowest BCUT2D eigenvalue weighted by atomic mass is 9.86. The van der Waals surface area contributed by atoms with E-state index in [-0.39, 0.29) is 12.0 Å². The molecule has 1 amide bonds.